The Kier molecular flexibility index (Phi) is 5.49. The Balaban J connectivity index is 1.67. The molecule has 0 saturated heterocycles. The Morgan fingerprint density at radius 3 is 2.38 bits per heavy atom. The average Bonchev–Trinajstić information content (AvgIpc) is 3.35. The number of carbonyl (C=O) groups excluding carboxylic acids is 1. The van der Waals surface area contributed by atoms with Crippen molar-refractivity contribution in [2.24, 2.45) is 0 Å². The number of ether oxygens (including phenoxy) is 1. The van der Waals surface area contributed by atoms with Crippen molar-refractivity contribution in [2.75, 3.05) is 11.5 Å². The van der Waals surface area contributed by atoms with Gasteiger partial charge in [0.15, 0.2) is 0 Å². The van der Waals surface area contributed by atoms with Gasteiger partial charge in [-0.15, -0.1) is 0 Å². The fourth-order valence-electron chi connectivity index (χ4n) is 4.07. The van der Waals surface area contributed by atoms with Crippen molar-refractivity contribution in [3.63, 3.8) is 0 Å². The number of rotatable bonds is 5. The quantitative estimate of drug-likeness (QED) is 0.329. The number of nitrogens with one attached hydrogen (secondary N) is 1. The van der Waals surface area contributed by atoms with E-state index in [1.165, 1.54) is 0 Å². The van der Waals surface area contributed by atoms with Crippen LogP contribution in [-0.2, 0) is 0 Å². The van der Waals surface area contributed by atoms with Crippen LogP contribution in [0, 0.1) is 0 Å². The molecule has 5 rings (SSSR count). The summed E-state index contributed by atoms with van der Waals surface area (Å²) in [5.74, 6) is 0.663. The van der Waals surface area contributed by atoms with Crippen molar-refractivity contribution in [1.82, 2.24) is 10.2 Å². The monoisotopic (exact) mass is 507 g/mol. The Hall–Kier alpha value is -3.09. The molecular weight excluding hydrogens is 490 g/mol. The van der Waals surface area contributed by atoms with Crippen molar-refractivity contribution >= 4 is 39.1 Å². The van der Waals surface area contributed by atoms with Gasteiger partial charge in [-0.3, -0.25) is 14.8 Å². The highest BCUT2D eigenvalue weighted by atomic mass is 79.9. The van der Waals surface area contributed by atoms with Gasteiger partial charge in [-0.1, -0.05) is 51.8 Å². The number of amides is 1. The second-order valence-electron chi connectivity index (χ2n) is 7.42. The highest BCUT2D eigenvalue weighted by Gasteiger charge is 2.43. The molecule has 3 aromatic carbocycles. The number of halogens is 2. The molecule has 0 saturated carbocycles. The van der Waals surface area contributed by atoms with E-state index in [0.717, 1.165) is 38.3 Å². The Bertz CT molecular complexity index is 1270. The fourth-order valence-corrected chi connectivity index (χ4v) is 4.46. The number of fused-ring (bicyclic) bond motifs is 1. The summed E-state index contributed by atoms with van der Waals surface area (Å²) >= 11 is 9.59. The van der Waals surface area contributed by atoms with Crippen LogP contribution < -0.4 is 9.64 Å². The van der Waals surface area contributed by atoms with Gasteiger partial charge in [0.2, 0.25) is 0 Å². The third-order valence-electron chi connectivity index (χ3n) is 5.50. The van der Waals surface area contributed by atoms with E-state index in [1.807, 2.05) is 67.6 Å². The first-order valence-electron chi connectivity index (χ1n) is 10.2. The van der Waals surface area contributed by atoms with Gasteiger partial charge in [0, 0.05) is 26.3 Å². The average molecular weight is 509 g/mol. The first kappa shape index (κ1) is 20.8. The summed E-state index contributed by atoms with van der Waals surface area (Å²) in [4.78, 5) is 15.3. The molecule has 0 radical (unpaired) electrons. The highest BCUT2D eigenvalue weighted by Crippen LogP contribution is 2.45. The second-order valence-corrected chi connectivity index (χ2v) is 8.78. The maximum absolute atomic E-state index is 13.5. The number of anilines is 1. The Labute approximate surface area is 199 Å². The van der Waals surface area contributed by atoms with Crippen LogP contribution in [0.25, 0.3) is 11.3 Å². The van der Waals surface area contributed by atoms with E-state index in [2.05, 4.69) is 26.1 Å². The third-order valence-corrected chi connectivity index (χ3v) is 6.28. The normalized spacial score (nSPS) is 15.2. The topological polar surface area (TPSA) is 58.2 Å². The summed E-state index contributed by atoms with van der Waals surface area (Å²) in [5.41, 5.74) is 4.79. The van der Waals surface area contributed by atoms with Crippen LogP contribution in [0.15, 0.2) is 77.3 Å². The van der Waals surface area contributed by atoms with Gasteiger partial charge in [0.25, 0.3) is 5.91 Å². The van der Waals surface area contributed by atoms with Crippen LogP contribution in [0.5, 0.6) is 5.75 Å². The van der Waals surface area contributed by atoms with Crippen LogP contribution >= 0.6 is 27.5 Å². The van der Waals surface area contributed by atoms with Crippen LogP contribution in [0.1, 0.15) is 34.6 Å². The molecule has 32 heavy (non-hydrogen) atoms. The molecular formula is C25H19BrClN3O2. The number of hydrogen-bond donors (Lipinski definition) is 1. The summed E-state index contributed by atoms with van der Waals surface area (Å²) in [6.07, 6.45) is 0. The summed E-state index contributed by atoms with van der Waals surface area (Å²) in [5, 5.41) is 8.13. The minimum atomic E-state index is -0.341. The van der Waals surface area contributed by atoms with E-state index in [-0.39, 0.29) is 11.9 Å². The van der Waals surface area contributed by atoms with Gasteiger partial charge in [-0.25, -0.2) is 0 Å². The predicted octanol–water partition coefficient (Wildman–Crippen LogP) is 6.64. The molecule has 1 unspecified atom stereocenters. The molecule has 160 valence electrons. The molecule has 2 heterocycles. The fraction of sp³-hybridized carbons (Fsp3) is 0.120. The molecule has 5 nitrogen and oxygen atoms in total. The SMILES string of the molecule is CCOc1ccc(C2c3c(-c4ccc(Br)cc4)n[nH]c3C(=O)N2c2ccc(Cl)cc2)cc1. The first-order valence-corrected chi connectivity index (χ1v) is 11.4. The van der Waals surface area contributed by atoms with Gasteiger partial charge in [-0.05, 0) is 61.0 Å². The van der Waals surface area contributed by atoms with Crippen molar-refractivity contribution in [2.45, 2.75) is 13.0 Å². The maximum Gasteiger partial charge on any atom is 0.277 e. The Morgan fingerprint density at radius 2 is 1.72 bits per heavy atom. The number of nitrogens with zero attached hydrogens (tertiary/aromatic N) is 2. The minimum Gasteiger partial charge on any atom is -0.494 e. The molecule has 1 amide bonds. The molecule has 0 fully saturated rings. The molecule has 4 aromatic rings. The van der Waals surface area contributed by atoms with E-state index in [1.54, 1.807) is 17.0 Å². The standard InChI is InChI=1S/C25H19BrClN3O2/c1-2-32-20-13-5-16(6-14-20)24-21-22(15-3-7-17(26)8-4-15)28-29-23(21)25(31)30(24)19-11-9-18(27)10-12-19/h3-14,24H,2H2,1H3,(H,28,29). The lowest BCUT2D eigenvalue weighted by Crippen LogP contribution is -2.29. The maximum atomic E-state index is 13.5. The molecule has 0 aliphatic carbocycles. The zero-order chi connectivity index (χ0) is 22.2. The lowest BCUT2D eigenvalue weighted by molar-refractivity contribution is 0.0989. The molecule has 7 heteroatoms. The van der Waals surface area contributed by atoms with Crippen molar-refractivity contribution < 1.29 is 9.53 Å². The van der Waals surface area contributed by atoms with Gasteiger partial charge in [0.1, 0.15) is 11.4 Å². The molecule has 1 aromatic heterocycles. The van der Waals surface area contributed by atoms with Gasteiger partial charge < -0.3 is 4.74 Å². The highest BCUT2D eigenvalue weighted by molar-refractivity contribution is 9.10. The minimum absolute atomic E-state index is 0.128. The summed E-state index contributed by atoms with van der Waals surface area (Å²) in [6.45, 7) is 2.55. The smallest absolute Gasteiger partial charge is 0.277 e. The molecule has 1 aliphatic rings. The van der Waals surface area contributed by atoms with E-state index in [0.29, 0.717) is 17.3 Å². The van der Waals surface area contributed by atoms with Crippen LogP contribution in [0.2, 0.25) is 5.02 Å². The third kappa shape index (κ3) is 3.59. The molecule has 1 atom stereocenters. The van der Waals surface area contributed by atoms with Crippen molar-refractivity contribution in [1.29, 1.82) is 0 Å². The number of carbonyl (C=O) groups is 1. The molecule has 1 aliphatic heterocycles. The summed E-state index contributed by atoms with van der Waals surface area (Å²) in [7, 11) is 0. The van der Waals surface area contributed by atoms with E-state index in [4.69, 9.17) is 16.3 Å². The predicted molar refractivity (Wildman–Crippen MR) is 129 cm³/mol. The Morgan fingerprint density at radius 1 is 1.03 bits per heavy atom. The van der Waals surface area contributed by atoms with Crippen LogP contribution in [-0.4, -0.2) is 22.7 Å². The number of aromatic amines is 1. The summed E-state index contributed by atoms with van der Waals surface area (Å²) in [6, 6.07) is 22.7. The number of H-pyrrole nitrogens is 1. The van der Waals surface area contributed by atoms with E-state index in [9.17, 15) is 4.79 Å². The number of benzene rings is 3. The molecule has 0 spiro atoms. The van der Waals surface area contributed by atoms with Gasteiger partial charge >= 0.3 is 0 Å². The zero-order valence-corrected chi connectivity index (χ0v) is 19.5. The van der Waals surface area contributed by atoms with Crippen molar-refractivity contribution in [3.05, 3.63) is 99.1 Å². The van der Waals surface area contributed by atoms with Crippen LogP contribution in [0.4, 0.5) is 5.69 Å². The van der Waals surface area contributed by atoms with Gasteiger partial charge in [-0.2, -0.15) is 5.10 Å². The zero-order valence-electron chi connectivity index (χ0n) is 17.2. The van der Waals surface area contributed by atoms with Gasteiger partial charge in [0.05, 0.1) is 18.3 Å². The lowest BCUT2D eigenvalue weighted by Gasteiger charge is -2.26. The van der Waals surface area contributed by atoms with E-state index < -0.39 is 0 Å². The second kappa shape index (κ2) is 8.45. The molecule has 0 bridgehead atoms. The van der Waals surface area contributed by atoms with Crippen molar-refractivity contribution in [3.8, 4) is 17.0 Å². The largest absolute Gasteiger partial charge is 0.494 e. The first-order chi connectivity index (χ1) is 15.6. The summed E-state index contributed by atoms with van der Waals surface area (Å²) < 4.78 is 6.59. The van der Waals surface area contributed by atoms with E-state index >= 15 is 0 Å². The van der Waals surface area contributed by atoms with Crippen LogP contribution in [0.3, 0.4) is 0 Å². The number of hydrogen-bond acceptors (Lipinski definition) is 3. The number of aromatic nitrogens is 2. The lowest BCUT2D eigenvalue weighted by atomic mass is 9.96. The molecule has 1 N–H and O–H groups in total.